The second-order valence-corrected chi connectivity index (χ2v) is 29.9. The van der Waals surface area contributed by atoms with E-state index in [0.717, 1.165) is 0 Å². The van der Waals surface area contributed by atoms with E-state index in [-0.39, 0.29) is 50.6 Å². The van der Waals surface area contributed by atoms with Crippen LogP contribution in [-0.2, 0) is 25.9 Å². The molecule has 312 valence electrons. The average molecular weight is 1260 g/mol. The molecule has 0 aliphatic carbocycles. The van der Waals surface area contributed by atoms with Crippen LogP contribution in [0, 0.1) is 0 Å². The molecule has 0 radical (unpaired) electrons. The Bertz CT molecular complexity index is 1660. The van der Waals surface area contributed by atoms with Crippen LogP contribution in [0.3, 0.4) is 0 Å². The van der Waals surface area contributed by atoms with Crippen molar-refractivity contribution >= 4 is 95.0 Å². The number of hydrogen-bond acceptors (Lipinski definition) is 1. The summed E-state index contributed by atoms with van der Waals surface area (Å²) >= 11 is -22.5. The summed E-state index contributed by atoms with van der Waals surface area (Å²) in [6.45, 7) is 3.06. The summed E-state index contributed by atoms with van der Waals surface area (Å²) in [5, 5.41) is 7.50. The van der Waals surface area contributed by atoms with Crippen LogP contribution >= 0.6 is 23.8 Å². The second kappa shape index (κ2) is 20.7. The molecule has 0 N–H and O–H groups in total. The van der Waals surface area contributed by atoms with Crippen molar-refractivity contribution in [3.8, 4) is 0 Å². The van der Waals surface area contributed by atoms with Gasteiger partial charge in [-0.05, 0) is 80.9 Å². The summed E-state index contributed by atoms with van der Waals surface area (Å²) in [6.07, 6.45) is 5.00. The van der Waals surface area contributed by atoms with Crippen LogP contribution in [0.2, 0.25) is 0 Å². The first-order valence-corrected chi connectivity index (χ1v) is 32.5. The van der Waals surface area contributed by atoms with Crippen LogP contribution in [0.1, 0.15) is 13.8 Å². The smallest absolute Gasteiger partial charge is 0.0746 e. The zero-order chi connectivity index (χ0) is 41.5. The van der Waals surface area contributed by atoms with Crippen molar-refractivity contribution < 1.29 is 59.6 Å². The minimum Gasteiger partial charge on any atom is -0.0746 e. The van der Waals surface area contributed by atoms with E-state index in [1.807, 2.05) is 0 Å². The molecule has 0 aromatic heterocycles. The Morgan fingerprint density at radius 2 is 0.536 bits per heavy atom. The van der Waals surface area contributed by atoms with E-state index in [1.54, 1.807) is 5.30 Å². The number of benzene rings is 5. The number of Topliss-reactive ketones (excluding diaryl/α,β-unsaturated/α-hetero) is 1. The molecule has 5 rings (SSSR count). The average Bonchev–Trinajstić information content (AvgIpc) is 3.07. The Labute approximate surface area is 342 Å². The number of carbonyl (C=O) groups is 1. The molecule has 0 bridgehead atoms. The SMILES string of the molecule is CC(C)=O.[F][Sb-]([F])([F])([F])([F])[F].[F][Sb-]([F])([F])([F])([F])[F].[Pt+2].c1ccc(P(CCP(c2ccccc2)c2ccccc2)CCP(c2ccccc2)c2ccccc2)cc1. The van der Waals surface area contributed by atoms with Gasteiger partial charge < -0.3 is 4.79 Å². The molecule has 0 aliphatic heterocycles. The molecule has 5 aromatic carbocycles. The maximum atomic E-state index is 9.93. The fraction of sp³-hybridized carbons (Fsp3) is 0.162. The van der Waals surface area contributed by atoms with Crippen LogP contribution in [0.15, 0.2) is 152 Å². The fourth-order valence-corrected chi connectivity index (χ4v) is 13.3. The molecule has 0 amide bonds. The van der Waals surface area contributed by atoms with Crippen LogP contribution in [-0.4, -0.2) is 69.4 Å². The van der Waals surface area contributed by atoms with Gasteiger partial charge in [-0.3, -0.25) is 0 Å². The normalized spacial score (nSPS) is 13.7. The zero-order valence-electron chi connectivity index (χ0n) is 29.8. The van der Waals surface area contributed by atoms with Crippen molar-refractivity contribution in [2.75, 3.05) is 24.6 Å². The minimum atomic E-state index is -11.2. The van der Waals surface area contributed by atoms with E-state index in [0.29, 0.717) is 0 Å². The maximum absolute atomic E-state index is 11.2. The molecule has 0 atom stereocenters. The van der Waals surface area contributed by atoms with Gasteiger partial charge in [0, 0.05) is 0 Å². The van der Waals surface area contributed by atoms with Crippen molar-refractivity contribution in [2.45, 2.75) is 13.8 Å². The van der Waals surface area contributed by atoms with Gasteiger partial charge in [0.15, 0.2) is 0 Å². The predicted octanol–water partition coefficient (Wildman–Crippen LogP) is 11.9. The first-order chi connectivity index (χ1) is 25.0. The third-order valence-corrected chi connectivity index (χ3v) is 14.9. The molecule has 19 heteroatoms. The van der Waals surface area contributed by atoms with Crippen molar-refractivity contribution in [3.63, 3.8) is 0 Å². The molecule has 0 spiro atoms. The van der Waals surface area contributed by atoms with Crippen LogP contribution < -0.4 is 26.5 Å². The number of rotatable bonds is 11. The molecule has 5 aromatic rings. The quantitative estimate of drug-likeness (QED) is 0.0732. The van der Waals surface area contributed by atoms with Crippen molar-refractivity contribution in [2.24, 2.45) is 0 Å². The van der Waals surface area contributed by atoms with Gasteiger partial charge >= 0.3 is 93.8 Å². The van der Waals surface area contributed by atoms with E-state index in [4.69, 9.17) is 0 Å². The maximum Gasteiger partial charge on any atom is 2.00 e. The molecule has 1 nitrogen and oxygen atoms in total. The van der Waals surface area contributed by atoms with Gasteiger partial charge in [0.05, 0.1) is 0 Å². The molecule has 0 heterocycles. The largest absolute Gasteiger partial charge is 2.00 e. The Morgan fingerprint density at radius 1 is 0.375 bits per heavy atom. The van der Waals surface area contributed by atoms with Crippen LogP contribution in [0.25, 0.3) is 0 Å². The first kappa shape index (κ1) is 52.6. The van der Waals surface area contributed by atoms with Gasteiger partial charge in [0.2, 0.25) is 0 Å². The predicted molar refractivity (Wildman–Crippen MR) is 212 cm³/mol. The van der Waals surface area contributed by atoms with Gasteiger partial charge in [-0.15, -0.1) is 0 Å². The number of halogens is 12. The van der Waals surface area contributed by atoms with Gasteiger partial charge in [0.1, 0.15) is 5.78 Å². The summed E-state index contributed by atoms with van der Waals surface area (Å²) in [6, 6.07) is 56.0. The van der Waals surface area contributed by atoms with Gasteiger partial charge in [-0.1, -0.05) is 160 Å². The van der Waals surface area contributed by atoms with E-state index < -0.39 is 39.0 Å². The molecule has 0 saturated heterocycles. The number of ketones is 1. The molecule has 0 unspecified atom stereocenters. The summed E-state index contributed by atoms with van der Waals surface area (Å²) in [5.41, 5.74) is 0. The molecule has 0 fully saturated rings. The first-order valence-electron chi connectivity index (χ1n) is 16.2. The third-order valence-electron chi connectivity index (χ3n) is 6.58. The zero-order valence-corrected chi connectivity index (χ0v) is 39.8. The van der Waals surface area contributed by atoms with Crippen molar-refractivity contribution in [1.29, 1.82) is 0 Å². The Balaban J connectivity index is 0.000000689. The summed E-state index contributed by atoms with van der Waals surface area (Å²) in [5.74, 6) is 0.167. The Hall–Kier alpha value is -1.46. The van der Waals surface area contributed by atoms with Gasteiger partial charge in [-0.2, -0.15) is 0 Å². The standard InChI is InChI=1S/C34H33P3.C3H6O.12FH.Pt.2Sb/c1-6-16-30(17-7-1)35(26-28-36(31-18-8-2-9-19-31)32-20-10-3-11-21-32)27-29-37(33-22-12-4-13-23-33)34-24-14-5-15-25-34;1-3(2)4;;;;;;;;;;;;;;;/h1-25H,26-29H2;1-2H3;12*1H;;;/q;;;;;;;;;;;;;;+2;2*+5/p-12. The van der Waals surface area contributed by atoms with Crippen LogP contribution in [0.5, 0.6) is 0 Å². The van der Waals surface area contributed by atoms with Gasteiger partial charge in [0.25, 0.3) is 0 Å². The number of carbonyl (C=O) groups excluding carboxylic acids is 1. The Morgan fingerprint density at radius 3 is 0.714 bits per heavy atom. The molecule has 56 heavy (non-hydrogen) atoms. The summed E-state index contributed by atoms with van der Waals surface area (Å²) in [7, 11) is -0.982. The Kier molecular flexibility index (Phi) is 19.4. The topological polar surface area (TPSA) is 17.1 Å². The van der Waals surface area contributed by atoms with E-state index >= 15 is 0 Å². The summed E-state index contributed by atoms with van der Waals surface area (Å²) < 4.78 is 119. The molecule has 0 aliphatic rings. The van der Waals surface area contributed by atoms with Crippen molar-refractivity contribution in [1.82, 2.24) is 0 Å². The second-order valence-electron chi connectivity index (χ2n) is 11.8. The number of hydrogen-bond donors (Lipinski definition) is 0. The van der Waals surface area contributed by atoms with E-state index in [9.17, 15) is 38.6 Å². The van der Waals surface area contributed by atoms with E-state index in [1.165, 1.54) is 59.7 Å². The summed E-state index contributed by atoms with van der Waals surface area (Å²) in [4.78, 5) is 9.44. The molecule has 0 saturated carbocycles. The van der Waals surface area contributed by atoms with E-state index in [2.05, 4.69) is 152 Å². The monoisotopic (exact) mass is 1260 g/mol. The molecular formula is C37H39F12OP3PtSb2. The fourth-order valence-electron chi connectivity index (χ4n) is 4.70. The third kappa shape index (κ3) is 29.7. The minimum absolute atomic E-state index is 0. The molecular weight excluding hydrogens is 1220 g/mol. The van der Waals surface area contributed by atoms with Crippen molar-refractivity contribution in [3.05, 3.63) is 152 Å². The van der Waals surface area contributed by atoms with Crippen LogP contribution in [0.4, 0.5) is 33.8 Å². The van der Waals surface area contributed by atoms with Gasteiger partial charge in [-0.25, -0.2) is 0 Å².